The van der Waals surface area contributed by atoms with E-state index >= 15 is 0 Å². The number of amides is 4. The third kappa shape index (κ3) is 5.95. The van der Waals surface area contributed by atoms with Crippen LogP contribution in [0.1, 0.15) is 18.1 Å². The molecule has 4 amide bonds. The van der Waals surface area contributed by atoms with Crippen molar-refractivity contribution >= 4 is 57.1 Å². The molecule has 10 heteroatoms. The highest BCUT2D eigenvalue weighted by Gasteiger charge is 2.37. The molecule has 8 nitrogen and oxygen atoms in total. The lowest BCUT2D eigenvalue weighted by molar-refractivity contribution is -0.122. The van der Waals surface area contributed by atoms with Crippen molar-refractivity contribution in [2.75, 3.05) is 18.6 Å². The van der Waals surface area contributed by atoms with Gasteiger partial charge in [0, 0.05) is 5.02 Å². The van der Waals surface area contributed by atoms with E-state index in [4.69, 9.17) is 25.8 Å². The molecular weight excluding hydrogens is 564 g/mol. The number of carbonyl (C=O) groups excluding carboxylic acids is 3. The zero-order valence-electron chi connectivity index (χ0n) is 19.9. The molecule has 0 spiro atoms. The number of ether oxygens (including phenoxy) is 3. The van der Waals surface area contributed by atoms with Gasteiger partial charge >= 0.3 is 6.03 Å². The molecule has 4 rings (SSSR count). The van der Waals surface area contributed by atoms with Gasteiger partial charge in [0.25, 0.3) is 11.8 Å². The summed E-state index contributed by atoms with van der Waals surface area (Å²) in [4.78, 5) is 39.3. The molecule has 3 aromatic carbocycles. The molecule has 0 atom stereocenters. The fraction of sp³-hybridized carbons (Fsp3) is 0.148. The summed E-state index contributed by atoms with van der Waals surface area (Å²) in [7, 11) is 1.49. The van der Waals surface area contributed by atoms with Crippen LogP contribution in [0.4, 0.5) is 10.5 Å². The smallest absolute Gasteiger partial charge is 0.335 e. The van der Waals surface area contributed by atoms with E-state index in [9.17, 15) is 14.4 Å². The van der Waals surface area contributed by atoms with Crippen LogP contribution < -0.4 is 24.4 Å². The number of methoxy groups -OCH3 is 1. The van der Waals surface area contributed by atoms with Crippen molar-refractivity contribution in [2.24, 2.45) is 0 Å². The van der Waals surface area contributed by atoms with Gasteiger partial charge in [-0.1, -0.05) is 23.7 Å². The Balaban J connectivity index is 1.56. The lowest BCUT2D eigenvalue weighted by atomic mass is 10.1. The molecule has 0 aliphatic carbocycles. The van der Waals surface area contributed by atoms with Crippen LogP contribution in [-0.2, 0) is 16.2 Å². The summed E-state index contributed by atoms with van der Waals surface area (Å²) in [5.74, 6) is -0.0805. The van der Waals surface area contributed by atoms with Gasteiger partial charge in [-0.15, -0.1) is 0 Å². The molecule has 1 fully saturated rings. The fourth-order valence-corrected chi connectivity index (χ4v) is 4.31. The number of carbonyl (C=O) groups is 3. The highest BCUT2D eigenvalue weighted by atomic mass is 79.9. The molecular formula is C27H22BrClN2O6. The molecule has 1 N–H and O–H groups in total. The lowest BCUT2D eigenvalue weighted by Gasteiger charge is -2.26. The molecule has 1 aliphatic heterocycles. The number of anilines is 1. The monoisotopic (exact) mass is 584 g/mol. The van der Waals surface area contributed by atoms with Gasteiger partial charge < -0.3 is 14.2 Å². The maximum Gasteiger partial charge on any atom is 0.335 e. The minimum absolute atomic E-state index is 0.208. The van der Waals surface area contributed by atoms with Crippen molar-refractivity contribution in [3.8, 4) is 17.2 Å². The summed E-state index contributed by atoms with van der Waals surface area (Å²) in [5.41, 5.74) is 1.52. The van der Waals surface area contributed by atoms with Crippen LogP contribution >= 0.6 is 27.5 Å². The molecule has 37 heavy (non-hydrogen) atoms. The van der Waals surface area contributed by atoms with E-state index in [1.165, 1.54) is 13.2 Å². The van der Waals surface area contributed by atoms with Crippen LogP contribution in [0.25, 0.3) is 6.08 Å². The van der Waals surface area contributed by atoms with Crippen LogP contribution in [0.15, 0.2) is 70.7 Å². The number of hydrogen-bond acceptors (Lipinski definition) is 6. The molecule has 0 radical (unpaired) electrons. The van der Waals surface area contributed by atoms with Crippen LogP contribution in [-0.4, -0.2) is 31.6 Å². The summed E-state index contributed by atoms with van der Waals surface area (Å²) in [6, 6.07) is 16.2. The molecule has 1 aliphatic rings. The second-order valence-corrected chi connectivity index (χ2v) is 9.12. The van der Waals surface area contributed by atoms with E-state index in [1.54, 1.807) is 48.5 Å². The van der Waals surface area contributed by atoms with Gasteiger partial charge in [0.2, 0.25) is 0 Å². The number of benzene rings is 3. The molecule has 190 valence electrons. The number of rotatable bonds is 8. The summed E-state index contributed by atoms with van der Waals surface area (Å²) in [6.07, 6.45) is 1.39. The standard InChI is InChI=1S/C27H22BrClN2O6/c1-3-36-24-22(28)13-17(14-23(24)35-2)12-21-25(32)30-27(34)31(26(21)33)19-8-10-20(11-9-19)37-15-16-4-6-18(29)7-5-16/h4-14H,3,15H2,1-2H3,(H,30,32,34)/b21-12+. The van der Waals surface area contributed by atoms with Gasteiger partial charge in [0.15, 0.2) is 11.5 Å². The van der Waals surface area contributed by atoms with Crippen molar-refractivity contribution in [1.29, 1.82) is 0 Å². The minimum atomic E-state index is -0.840. The minimum Gasteiger partial charge on any atom is -0.493 e. The van der Waals surface area contributed by atoms with Crippen molar-refractivity contribution < 1.29 is 28.6 Å². The molecule has 1 heterocycles. The van der Waals surface area contributed by atoms with Crippen LogP contribution in [0.5, 0.6) is 17.2 Å². The molecule has 3 aromatic rings. The molecule has 0 bridgehead atoms. The molecule has 0 unspecified atom stereocenters. The average Bonchev–Trinajstić information content (AvgIpc) is 2.88. The number of hydrogen-bond donors (Lipinski definition) is 1. The first kappa shape index (κ1) is 26.2. The van der Waals surface area contributed by atoms with Crippen LogP contribution in [0.2, 0.25) is 5.02 Å². The van der Waals surface area contributed by atoms with E-state index in [-0.39, 0.29) is 11.3 Å². The first-order valence-electron chi connectivity index (χ1n) is 11.2. The maximum atomic E-state index is 13.2. The second kappa shape index (κ2) is 11.5. The summed E-state index contributed by atoms with van der Waals surface area (Å²) < 4.78 is 17.3. The Kier molecular flexibility index (Phi) is 8.15. The highest BCUT2D eigenvalue weighted by molar-refractivity contribution is 9.10. The van der Waals surface area contributed by atoms with Crippen molar-refractivity contribution in [1.82, 2.24) is 5.32 Å². The van der Waals surface area contributed by atoms with Gasteiger partial charge in [-0.25, -0.2) is 9.69 Å². The normalized spacial score (nSPS) is 14.5. The Morgan fingerprint density at radius 3 is 2.35 bits per heavy atom. The quantitative estimate of drug-likeness (QED) is 0.267. The van der Waals surface area contributed by atoms with Crippen LogP contribution in [0, 0.1) is 0 Å². The molecule has 1 saturated heterocycles. The Bertz CT molecular complexity index is 1370. The zero-order valence-corrected chi connectivity index (χ0v) is 22.3. The fourth-order valence-electron chi connectivity index (χ4n) is 3.60. The highest BCUT2D eigenvalue weighted by Crippen LogP contribution is 2.37. The van der Waals surface area contributed by atoms with Gasteiger partial charge in [0.05, 0.1) is 23.9 Å². The zero-order chi connectivity index (χ0) is 26.5. The van der Waals surface area contributed by atoms with Crippen LogP contribution in [0.3, 0.4) is 0 Å². The average molecular weight is 586 g/mol. The summed E-state index contributed by atoms with van der Waals surface area (Å²) in [5, 5.41) is 2.86. The van der Waals surface area contributed by atoms with E-state index in [0.717, 1.165) is 10.5 Å². The number of imide groups is 2. The van der Waals surface area contributed by atoms with E-state index < -0.39 is 17.8 Å². The van der Waals surface area contributed by atoms with Crippen molar-refractivity contribution in [3.05, 3.63) is 86.9 Å². The van der Waals surface area contributed by atoms with Crippen molar-refractivity contribution in [2.45, 2.75) is 13.5 Å². The molecule has 0 saturated carbocycles. The van der Waals surface area contributed by atoms with Gasteiger partial charge in [-0.3, -0.25) is 14.9 Å². The number of halogens is 2. The number of urea groups is 1. The summed E-state index contributed by atoms with van der Waals surface area (Å²) >= 11 is 9.33. The van der Waals surface area contributed by atoms with Crippen molar-refractivity contribution in [3.63, 3.8) is 0 Å². The third-order valence-electron chi connectivity index (χ3n) is 5.37. The van der Waals surface area contributed by atoms with E-state index in [1.807, 2.05) is 19.1 Å². The Hall–Kier alpha value is -3.82. The first-order valence-corrected chi connectivity index (χ1v) is 12.4. The number of barbiturate groups is 1. The lowest BCUT2D eigenvalue weighted by Crippen LogP contribution is -2.54. The second-order valence-electron chi connectivity index (χ2n) is 7.83. The largest absolute Gasteiger partial charge is 0.493 e. The number of nitrogens with one attached hydrogen (secondary N) is 1. The summed E-state index contributed by atoms with van der Waals surface area (Å²) in [6.45, 7) is 2.59. The Morgan fingerprint density at radius 1 is 1.00 bits per heavy atom. The predicted octanol–water partition coefficient (Wildman–Crippen LogP) is 5.76. The van der Waals surface area contributed by atoms with Gasteiger partial charge in [0.1, 0.15) is 17.9 Å². The molecule has 0 aromatic heterocycles. The predicted molar refractivity (Wildman–Crippen MR) is 143 cm³/mol. The van der Waals surface area contributed by atoms with E-state index in [0.29, 0.717) is 45.5 Å². The van der Waals surface area contributed by atoms with Gasteiger partial charge in [-0.2, -0.15) is 0 Å². The Labute approximate surface area is 226 Å². The van der Waals surface area contributed by atoms with E-state index in [2.05, 4.69) is 21.2 Å². The third-order valence-corrected chi connectivity index (χ3v) is 6.21. The maximum absolute atomic E-state index is 13.2. The van der Waals surface area contributed by atoms with Gasteiger partial charge in [-0.05, 0) is 88.6 Å². The Morgan fingerprint density at radius 2 is 1.70 bits per heavy atom. The first-order chi connectivity index (χ1) is 17.8. The SMILES string of the molecule is CCOc1c(Br)cc(/C=C2\C(=O)NC(=O)N(c3ccc(OCc4ccc(Cl)cc4)cc3)C2=O)cc1OC. The topological polar surface area (TPSA) is 94.2 Å². The number of nitrogens with zero attached hydrogens (tertiary/aromatic N) is 1.